The van der Waals surface area contributed by atoms with Gasteiger partial charge in [-0.2, -0.15) is 0 Å². The Kier molecular flexibility index (Phi) is 6.30. The molecule has 0 saturated carbocycles. The molecule has 7 heteroatoms. The van der Waals surface area contributed by atoms with Crippen molar-refractivity contribution < 1.29 is 17.9 Å². The molecule has 5 nitrogen and oxygen atoms in total. The monoisotopic (exact) mass is 397 g/mol. The van der Waals surface area contributed by atoms with Gasteiger partial charge < -0.3 is 9.64 Å². The van der Waals surface area contributed by atoms with Crippen LogP contribution in [-0.4, -0.2) is 61.8 Å². The van der Waals surface area contributed by atoms with E-state index in [2.05, 4.69) is 26.0 Å². The zero-order chi connectivity index (χ0) is 18.7. The first-order chi connectivity index (χ1) is 12.3. The minimum Gasteiger partial charge on any atom is -0.376 e. The van der Waals surface area contributed by atoms with Gasteiger partial charge in [0.05, 0.1) is 23.4 Å². The summed E-state index contributed by atoms with van der Waals surface area (Å²) in [6.45, 7) is 5.37. The van der Waals surface area contributed by atoms with E-state index in [4.69, 9.17) is 4.74 Å². The van der Waals surface area contributed by atoms with E-state index in [9.17, 15) is 13.2 Å². The summed E-state index contributed by atoms with van der Waals surface area (Å²) in [5, 5.41) is 0. The van der Waals surface area contributed by atoms with E-state index >= 15 is 0 Å². The molecular formula is C19H27NO4S2. The van der Waals surface area contributed by atoms with Crippen molar-refractivity contribution in [2.75, 3.05) is 30.4 Å². The van der Waals surface area contributed by atoms with Gasteiger partial charge in [0.15, 0.2) is 9.84 Å². The summed E-state index contributed by atoms with van der Waals surface area (Å²) in [5.41, 5.74) is 2.44. The largest absolute Gasteiger partial charge is 0.376 e. The normalized spacial score (nSPS) is 24.7. The van der Waals surface area contributed by atoms with Crippen LogP contribution in [0.4, 0.5) is 0 Å². The number of aryl methyl sites for hydroxylation is 2. The van der Waals surface area contributed by atoms with Crippen molar-refractivity contribution in [3.05, 3.63) is 29.3 Å². The maximum Gasteiger partial charge on any atom is 0.233 e. The Morgan fingerprint density at radius 3 is 2.69 bits per heavy atom. The predicted molar refractivity (Wildman–Crippen MR) is 104 cm³/mol. The standard InChI is InChI=1S/C19H27NO4S2/c1-14-5-6-18(10-15(14)2)25-12-19(21)20(11-17-4-3-8-24-17)16-7-9-26(22,23)13-16/h5-6,10,16-17H,3-4,7-9,11-13H2,1-2H3/t16-,17+/m1/s1. The Bertz CT molecular complexity index is 757. The Morgan fingerprint density at radius 1 is 1.27 bits per heavy atom. The second-order valence-electron chi connectivity index (χ2n) is 7.27. The molecule has 0 aliphatic carbocycles. The molecule has 2 aliphatic rings. The van der Waals surface area contributed by atoms with E-state index in [1.807, 2.05) is 6.07 Å². The second kappa shape index (κ2) is 8.31. The van der Waals surface area contributed by atoms with Crippen LogP contribution in [0.1, 0.15) is 30.4 Å². The highest BCUT2D eigenvalue weighted by Crippen LogP contribution is 2.25. The molecule has 0 bridgehead atoms. The van der Waals surface area contributed by atoms with Gasteiger partial charge in [0.25, 0.3) is 0 Å². The van der Waals surface area contributed by atoms with E-state index in [-0.39, 0.29) is 29.6 Å². The number of ether oxygens (including phenoxy) is 1. The molecule has 1 amide bonds. The number of amides is 1. The van der Waals surface area contributed by atoms with Gasteiger partial charge in [0.2, 0.25) is 5.91 Å². The number of carbonyl (C=O) groups is 1. The van der Waals surface area contributed by atoms with Crippen LogP contribution in [0.5, 0.6) is 0 Å². The number of benzene rings is 1. The van der Waals surface area contributed by atoms with Gasteiger partial charge in [-0.15, -0.1) is 11.8 Å². The lowest BCUT2D eigenvalue weighted by Crippen LogP contribution is -2.46. The summed E-state index contributed by atoms with van der Waals surface area (Å²) in [7, 11) is -3.03. The van der Waals surface area contributed by atoms with Crippen LogP contribution in [-0.2, 0) is 19.4 Å². The molecule has 1 aromatic carbocycles. The van der Waals surface area contributed by atoms with E-state index in [0.717, 1.165) is 24.3 Å². The van der Waals surface area contributed by atoms with Crippen LogP contribution in [0.3, 0.4) is 0 Å². The van der Waals surface area contributed by atoms with Crippen LogP contribution in [0, 0.1) is 13.8 Å². The van der Waals surface area contributed by atoms with Gasteiger partial charge in [0, 0.05) is 24.1 Å². The van der Waals surface area contributed by atoms with Crippen molar-refractivity contribution in [2.24, 2.45) is 0 Å². The number of nitrogens with zero attached hydrogens (tertiary/aromatic N) is 1. The highest BCUT2D eigenvalue weighted by atomic mass is 32.2. The maximum atomic E-state index is 12.9. The second-order valence-corrected chi connectivity index (χ2v) is 10.6. The van der Waals surface area contributed by atoms with Gasteiger partial charge in [-0.05, 0) is 56.4 Å². The summed E-state index contributed by atoms with van der Waals surface area (Å²) in [5.74, 6) is 0.592. The van der Waals surface area contributed by atoms with Gasteiger partial charge in [-0.1, -0.05) is 6.07 Å². The fourth-order valence-corrected chi connectivity index (χ4v) is 6.13. The molecule has 144 valence electrons. The summed E-state index contributed by atoms with van der Waals surface area (Å²) < 4.78 is 29.4. The van der Waals surface area contributed by atoms with Gasteiger partial charge >= 0.3 is 0 Å². The molecule has 0 spiro atoms. The van der Waals surface area contributed by atoms with Gasteiger partial charge in [0.1, 0.15) is 0 Å². The van der Waals surface area contributed by atoms with Crippen LogP contribution >= 0.6 is 11.8 Å². The lowest BCUT2D eigenvalue weighted by Gasteiger charge is -2.30. The SMILES string of the molecule is Cc1ccc(SCC(=O)N(C[C@@H]2CCCO2)[C@@H]2CCS(=O)(=O)C2)cc1C. The minimum absolute atomic E-state index is 0.00540. The molecule has 0 N–H and O–H groups in total. The van der Waals surface area contributed by atoms with Crippen LogP contribution in [0.15, 0.2) is 23.1 Å². The maximum absolute atomic E-state index is 12.9. The number of hydrogen-bond donors (Lipinski definition) is 0. The van der Waals surface area contributed by atoms with Crippen molar-refractivity contribution in [1.29, 1.82) is 0 Å². The molecule has 3 rings (SSSR count). The number of hydrogen-bond acceptors (Lipinski definition) is 5. The highest BCUT2D eigenvalue weighted by Gasteiger charge is 2.36. The van der Waals surface area contributed by atoms with Crippen molar-refractivity contribution >= 4 is 27.5 Å². The Hall–Kier alpha value is -1.05. The van der Waals surface area contributed by atoms with Crippen LogP contribution in [0.2, 0.25) is 0 Å². The summed E-state index contributed by atoms with van der Waals surface area (Å²) in [4.78, 5) is 15.7. The zero-order valence-electron chi connectivity index (χ0n) is 15.4. The fourth-order valence-electron chi connectivity index (χ4n) is 3.52. The van der Waals surface area contributed by atoms with E-state index in [0.29, 0.717) is 18.7 Å². The zero-order valence-corrected chi connectivity index (χ0v) is 17.1. The number of carbonyl (C=O) groups excluding carboxylic acids is 1. The Labute approximate surface area is 160 Å². The van der Waals surface area contributed by atoms with Gasteiger partial charge in [-0.25, -0.2) is 8.42 Å². The van der Waals surface area contributed by atoms with Crippen molar-refractivity contribution in [2.45, 2.75) is 50.2 Å². The first-order valence-electron chi connectivity index (χ1n) is 9.15. The lowest BCUT2D eigenvalue weighted by molar-refractivity contribution is -0.131. The third-order valence-electron chi connectivity index (χ3n) is 5.23. The van der Waals surface area contributed by atoms with E-state index in [1.165, 1.54) is 22.9 Å². The van der Waals surface area contributed by atoms with E-state index in [1.54, 1.807) is 4.90 Å². The quantitative estimate of drug-likeness (QED) is 0.691. The van der Waals surface area contributed by atoms with Crippen molar-refractivity contribution in [3.8, 4) is 0 Å². The summed E-state index contributed by atoms with van der Waals surface area (Å²) in [6.07, 6.45) is 2.52. The topological polar surface area (TPSA) is 63.7 Å². The highest BCUT2D eigenvalue weighted by molar-refractivity contribution is 8.00. The molecule has 2 fully saturated rings. The fraction of sp³-hybridized carbons (Fsp3) is 0.632. The van der Waals surface area contributed by atoms with Crippen molar-refractivity contribution in [1.82, 2.24) is 4.90 Å². The van der Waals surface area contributed by atoms with E-state index < -0.39 is 9.84 Å². The number of sulfone groups is 1. The van der Waals surface area contributed by atoms with Crippen LogP contribution < -0.4 is 0 Å². The molecular weight excluding hydrogens is 370 g/mol. The average molecular weight is 398 g/mol. The summed E-state index contributed by atoms with van der Waals surface area (Å²) >= 11 is 1.51. The Morgan fingerprint density at radius 2 is 2.08 bits per heavy atom. The third kappa shape index (κ3) is 5.02. The molecule has 0 aromatic heterocycles. The molecule has 2 saturated heterocycles. The molecule has 2 heterocycles. The molecule has 1 aromatic rings. The molecule has 26 heavy (non-hydrogen) atoms. The van der Waals surface area contributed by atoms with Crippen molar-refractivity contribution in [3.63, 3.8) is 0 Å². The molecule has 2 atom stereocenters. The molecule has 2 aliphatic heterocycles. The Balaban J connectivity index is 1.66. The van der Waals surface area contributed by atoms with Crippen LogP contribution in [0.25, 0.3) is 0 Å². The molecule has 0 unspecified atom stereocenters. The summed E-state index contributed by atoms with van der Waals surface area (Å²) in [6, 6.07) is 5.98. The first kappa shape index (κ1) is 19.7. The minimum atomic E-state index is -3.03. The predicted octanol–water partition coefficient (Wildman–Crippen LogP) is 2.59. The smallest absolute Gasteiger partial charge is 0.233 e. The van der Waals surface area contributed by atoms with Gasteiger partial charge in [-0.3, -0.25) is 4.79 Å². The first-order valence-corrected chi connectivity index (χ1v) is 12.0. The molecule has 0 radical (unpaired) electrons. The number of rotatable bonds is 6. The third-order valence-corrected chi connectivity index (χ3v) is 7.96. The number of thioether (sulfide) groups is 1. The lowest BCUT2D eigenvalue weighted by atomic mass is 10.1. The average Bonchev–Trinajstić information content (AvgIpc) is 3.22.